The minimum Gasteiger partial charge on any atom is -0.397 e. The van der Waals surface area contributed by atoms with Gasteiger partial charge in [-0.15, -0.1) is 0 Å². The summed E-state index contributed by atoms with van der Waals surface area (Å²) in [5.74, 6) is 2.25. The normalized spacial score (nSPS) is 12.0. The number of hydrogen-bond acceptors (Lipinski definition) is 4. The maximum atomic E-state index is 12.0. The number of hydrogen-bond donors (Lipinski definition) is 2. The molecule has 0 saturated carbocycles. The fraction of sp³-hybridized carbons (Fsp3) is 0.533. The average molecular weight is 295 g/mol. The number of anilines is 2. The van der Waals surface area contributed by atoms with Crippen molar-refractivity contribution in [2.75, 3.05) is 36.7 Å². The molecular formula is C15H25N3OS. The summed E-state index contributed by atoms with van der Waals surface area (Å²) in [4.78, 5) is 13.5. The van der Waals surface area contributed by atoms with E-state index in [9.17, 15) is 4.79 Å². The lowest BCUT2D eigenvalue weighted by molar-refractivity contribution is 0.0827. The van der Waals surface area contributed by atoms with Crippen LogP contribution in [0.2, 0.25) is 0 Å². The standard InChI is InChI=1S/C15H25N3OS/c1-5-20-9-8-11(2)17-14-10-12(6-7-13(14)16)15(19)18(3)4/h6-7,10-11,17H,5,8-9,16H2,1-4H3. The highest BCUT2D eigenvalue weighted by Crippen LogP contribution is 2.22. The monoisotopic (exact) mass is 295 g/mol. The van der Waals surface area contributed by atoms with Crippen molar-refractivity contribution in [1.29, 1.82) is 0 Å². The first-order valence-corrected chi connectivity index (χ1v) is 8.06. The van der Waals surface area contributed by atoms with Gasteiger partial charge in [0.15, 0.2) is 0 Å². The highest BCUT2D eigenvalue weighted by Gasteiger charge is 2.11. The Morgan fingerprint density at radius 2 is 2.15 bits per heavy atom. The number of carbonyl (C=O) groups excluding carboxylic acids is 1. The predicted molar refractivity (Wildman–Crippen MR) is 89.6 cm³/mol. The van der Waals surface area contributed by atoms with Crippen LogP contribution in [0.25, 0.3) is 0 Å². The Balaban J connectivity index is 2.74. The van der Waals surface area contributed by atoms with Crippen molar-refractivity contribution in [3.63, 3.8) is 0 Å². The molecule has 20 heavy (non-hydrogen) atoms. The minimum atomic E-state index is -0.0118. The number of nitrogens with one attached hydrogen (secondary N) is 1. The van der Waals surface area contributed by atoms with Crippen LogP contribution < -0.4 is 11.1 Å². The summed E-state index contributed by atoms with van der Waals surface area (Å²) in [5.41, 5.74) is 8.15. The van der Waals surface area contributed by atoms with E-state index in [4.69, 9.17) is 5.73 Å². The van der Waals surface area contributed by atoms with Crippen molar-refractivity contribution in [2.24, 2.45) is 0 Å². The molecule has 1 atom stereocenters. The molecule has 0 bridgehead atoms. The van der Waals surface area contributed by atoms with Crippen LogP contribution in [-0.2, 0) is 0 Å². The predicted octanol–water partition coefficient (Wildman–Crippen LogP) is 2.91. The quantitative estimate of drug-likeness (QED) is 0.600. The van der Waals surface area contributed by atoms with E-state index in [-0.39, 0.29) is 5.91 Å². The number of nitrogens with zero attached hydrogens (tertiary/aromatic N) is 1. The lowest BCUT2D eigenvalue weighted by atomic mass is 10.1. The van der Waals surface area contributed by atoms with Crippen LogP contribution >= 0.6 is 11.8 Å². The second-order valence-electron chi connectivity index (χ2n) is 5.03. The molecule has 0 aliphatic carbocycles. The maximum Gasteiger partial charge on any atom is 0.253 e. The number of nitrogen functional groups attached to an aromatic ring is 1. The van der Waals surface area contributed by atoms with E-state index in [1.54, 1.807) is 31.1 Å². The molecule has 0 heterocycles. The van der Waals surface area contributed by atoms with Crippen molar-refractivity contribution < 1.29 is 4.79 Å². The molecule has 1 aromatic rings. The summed E-state index contributed by atoms with van der Waals surface area (Å²) in [6.07, 6.45) is 1.07. The van der Waals surface area contributed by atoms with E-state index in [2.05, 4.69) is 19.2 Å². The number of thioether (sulfide) groups is 1. The second kappa shape index (κ2) is 8.04. The molecule has 5 heteroatoms. The summed E-state index contributed by atoms with van der Waals surface area (Å²) < 4.78 is 0. The van der Waals surface area contributed by atoms with E-state index >= 15 is 0 Å². The first-order valence-electron chi connectivity index (χ1n) is 6.91. The molecule has 4 nitrogen and oxygen atoms in total. The molecule has 0 aromatic heterocycles. The number of nitrogens with two attached hydrogens (primary N) is 1. The van der Waals surface area contributed by atoms with E-state index in [1.807, 2.05) is 17.8 Å². The zero-order valence-electron chi connectivity index (χ0n) is 12.8. The Morgan fingerprint density at radius 1 is 1.45 bits per heavy atom. The Morgan fingerprint density at radius 3 is 2.75 bits per heavy atom. The van der Waals surface area contributed by atoms with Crippen LogP contribution in [0.15, 0.2) is 18.2 Å². The minimum absolute atomic E-state index is 0.0118. The third-order valence-electron chi connectivity index (χ3n) is 3.01. The molecule has 0 saturated heterocycles. The van der Waals surface area contributed by atoms with E-state index in [0.717, 1.165) is 23.6 Å². The summed E-state index contributed by atoms with van der Waals surface area (Å²) >= 11 is 1.93. The number of rotatable bonds is 7. The van der Waals surface area contributed by atoms with Crippen molar-refractivity contribution in [3.8, 4) is 0 Å². The smallest absolute Gasteiger partial charge is 0.253 e. The van der Waals surface area contributed by atoms with E-state index in [1.165, 1.54) is 0 Å². The van der Waals surface area contributed by atoms with E-state index in [0.29, 0.717) is 17.3 Å². The third kappa shape index (κ3) is 4.96. The van der Waals surface area contributed by atoms with Crippen LogP contribution in [0.3, 0.4) is 0 Å². The molecular weight excluding hydrogens is 270 g/mol. The van der Waals surface area contributed by atoms with Crippen LogP contribution in [-0.4, -0.2) is 42.4 Å². The van der Waals surface area contributed by atoms with Gasteiger partial charge in [-0.3, -0.25) is 4.79 Å². The van der Waals surface area contributed by atoms with Gasteiger partial charge in [0.2, 0.25) is 0 Å². The molecule has 0 radical (unpaired) electrons. The van der Waals surface area contributed by atoms with Gasteiger partial charge in [-0.25, -0.2) is 0 Å². The van der Waals surface area contributed by atoms with Gasteiger partial charge < -0.3 is 16.0 Å². The van der Waals surface area contributed by atoms with Gasteiger partial charge in [0.05, 0.1) is 11.4 Å². The van der Waals surface area contributed by atoms with Crippen molar-refractivity contribution >= 4 is 29.0 Å². The number of amides is 1. The van der Waals surface area contributed by atoms with Crippen molar-refractivity contribution in [1.82, 2.24) is 4.90 Å². The highest BCUT2D eigenvalue weighted by molar-refractivity contribution is 7.99. The Labute approximate surface area is 126 Å². The zero-order valence-corrected chi connectivity index (χ0v) is 13.6. The number of benzene rings is 1. The molecule has 0 aliphatic heterocycles. The van der Waals surface area contributed by atoms with Crippen LogP contribution in [0.4, 0.5) is 11.4 Å². The Hall–Kier alpha value is -1.36. The lowest BCUT2D eigenvalue weighted by Crippen LogP contribution is -2.22. The topological polar surface area (TPSA) is 58.4 Å². The van der Waals surface area contributed by atoms with Crippen LogP contribution in [0, 0.1) is 0 Å². The molecule has 1 aromatic carbocycles. The molecule has 1 unspecified atom stereocenters. The second-order valence-corrected chi connectivity index (χ2v) is 6.43. The summed E-state index contributed by atoms with van der Waals surface area (Å²) in [5, 5.41) is 3.39. The van der Waals surface area contributed by atoms with Crippen LogP contribution in [0.5, 0.6) is 0 Å². The third-order valence-corrected chi connectivity index (χ3v) is 3.94. The van der Waals surface area contributed by atoms with Gasteiger partial charge in [0.1, 0.15) is 0 Å². The molecule has 112 valence electrons. The largest absolute Gasteiger partial charge is 0.397 e. The summed E-state index contributed by atoms with van der Waals surface area (Å²) in [6, 6.07) is 5.72. The Kier molecular flexibility index (Phi) is 6.71. The van der Waals surface area contributed by atoms with Gasteiger partial charge in [-0.2, -0.15) is 11.8 Å². The Bertz CT molecular complexity index is 449. The van der Waals surface area contributed by atoms with Gasteiger partial charge in [0.25, 0.3) is 5.91 Å². The van der Waals surface area contributed by atoms with Gasteiger partial charge in [-0.05, 0) is 43.0 Å². The lowest BCUT2D eigenvalue weighted by Gasteiger charge is -2.18. The number of carbonyl (C=O) groups is 1. The first kappa shape index (κ1) is 16.7. The van der Waals surface area contributed by atoms with Crippen molar-refractivity contribution in [3.05, 3.63) is 23.8 Å². The molecule has 0 spiro atoms. The van der Waals surface area contributed by atoms with Crippen LogP contribution in [0.1, 0.15) is 30.6 Å². The fourth-order valence-electron chi connectivity index (χ4n) is 1.81. The summed E-state index contributed by atoms with van der Waals surface area (Å²) in [7, 11) is 3.49. The molecule has 3 N–H and O–H groups in total. The van der Waals surface area contributed by atoms with Gasteiger partial charge in [-0.1, -0.05) is 6.92 Å². The molecule has 0 fully saturated rings. The maximum absolute atomic E-state index is 12.0. The zero-order chi connectivity index (χ0) is 15.1. The molecule has 1 rings (SSSR count). The van der Waals surface area contributed by atoms with Gasteiger partial charge >= 0.3 is 0 Å². The fourth-order valence-corrected chi connectivity index (χ4v) is 2.62. The SMILES string of the molecule is CCSCCC(C)Nc1cc(C(=O)N(C)C)ccc1N. The van der Waals surface area contributed by atoms with E-state index < -0.39 is 0 Å². The van der Waals surface area contributed by atoms with Gasteiger partial charge in [0, 0.05) is 25.7 Å². The average Bonchev–Trinajstić information content (AvgIpc) is 2.40. The molecule has 1 amide bonds. The highest BCUT2D eigenvalue weighted by atomic mass is 32.2. The summed E-state index contributed by atoms with van der Waals surface area (Å²) in [6.45, 7) is 4.30. The first-order chi connectivity index (χ1) is 9.45. The molecule has 0 aliphatic rings. The van der Waals surface area contributed by atoms with Crippen molar-refractivity contribution in [2.45, 2.75) is 26.3 Å².